The summed E-state index contributed by atoms with van der Waals surface area (Å²) < 4.78 is 5.72. The molecule has 0 bridgehead atoms. The molecule has 19 heavy (non-hydrogen) atoms. The van der Waals surface area contributed by atoms with Crippen LogP contribution in [0.25, 0.3) is 0 Å². The molecule has 1 atom stereocenters. The van der Waals surface area contributed by atoms with Gasteiger partial charge in [-0.1, -0.05) is 50.8 Å². The Morgan fingerprint density at radius 1 is 1.26 bits per heavy atom. The molecule has 0 saturated heterocycles. The summed E-state index contributed by atoms with van der Waals surface area (Å²) in [5, 5.41) is 10.4. The third-order valence-electron chi connectivity index (χ3n) is 4.06. The first-order valence-corrected chi connectivity index (χ1v) is 7.71. The molecule has 0 amide bonds. The lowest BCUT2D eigenvalue weighted by Gasteiger charge is -2.17. The number of hydrogen-bond acceptors (Lipinski definition) is 2. The van der Waals surface area contributed by atoms with Crippen molar-refractivity contribution >= 4 is 0 Å². The Morgan fingerprint density at radius 2 is 2.00 bits per heavy atom. The number of benzene rings is 1. The Kier molecular flexibility index (Phi) is 5.71. The Morgan fingerprint density at radius 3 is 2.74 bits per heavy atom. The van der Waals surface area contributed by atoms with Gasteiger partial charge in [0.15, 0.2) is 0 Å². The van der Waals surface area contributed by atoms with Gasteiger partial charge in [0.05, 0.1) is 12.7 Å². The van der Waals surface area contributed by atoms with Gasteiger partial charge < -0.3 is 9.84 Å². The standard InChI is InChI=1S/C17H26O2/c1-2-13-19-17-10-6-5-9-15(17)16(18)12-11-14-7-3-4-8-14/h5-6,9-10,14,16,18H,2-4,7-8,11-13H2,1H3. The van der Waals surface area contributed by atoms with Crippen molar-refractivity contribution in [2.45, 2.75) is 58.0 Å². The van der Waals surface area contributed by atoms with Crippen LogP contribution < -0.4 is 4.74 Å². The van der Waals surface area contributed by atoms with E-state index < -0.39 is 0 Å². The van der Waals surface area contributed by atoms with E-state index in [1.165, 1.54) is 25.7 Å². The molecule has 1 aliphatic carbocycles. The first kappa shape index (κ1) is 14.4. The fourth-order valence-corrected chi connectivity index (χ4v) is 2.95. The predicted molar refractivity (Wildman–Crippen MR) is 78.4 cm³/mol. The van der Waals surface area contributed by atoms with Crippen LogP contribution in [0.15, 0.2) is 24.3 Å². The Hall–Kier alpha value is -1.02. The van der Waals surface area contributed by atoms with Crippen LogP contribution in [0, 0.1) is 5.92 Å². The van der Waals surface area contributed by atoms with Crippen molar-refractivity contribution in [1.82, 2.24) is 0 Å². The van der Waals surface area contributed by atoms with Crippen LogP contribution in [0.2, 0.25) is 0 Å². The molecule has 1 aromatic rings. The van der Waals surface area contributed by atoms with Crippen LogP contribution in [0.4, 0.5) is 0 Å². The minimum Gasteiger partial charge on any atom is -0.493 e. The monoisotopic (exact) mass is 262 g/mol. The molecule has 1 fully saturated rings. The minimum absolute atomic E-state index is 0.381. The highest BCUT2D eigenvalue weighted by molar-refractivity contribution is 5.35. The maximum absolute atomic E-state index is 10.4. The molecular weight excluding hydrogens is 236 g/mol. The summed E-state index contributed by atoms with van der Waals surface area (Å²) >= 11 is 0. The molecule has 1 aromatic carbocycles. The van der Waals surface area contributed by atoms with Gasteiger partial charge in [-0.2, -0.15) is 0 Å². The number of ether oxygens (including phenoxy) is 1. The summed E-state index contributed by atoms with van der Waals surface area (Å²) in [6.07, 6.45) is 8.05. The molecule has 1 aliphatic rings. The van der Waals surface area contributed by atoms with Crippen LogP contribution in [-0.2, 0) is 0 Å². The van der Waals surface area contributed by atoms with Crippen molar-refractivity contribution < 1.29 is 9.84 Å². The van der Waals surface area contributed by atoms with E-state index in [1.807, 2.05) is 24.3 Å². The quantitative estimate of drug-likeness (QED) is 0.785. The maximum atomic E-state index is 10.4. The maximum Gasteiger partial charge on any atom is 0.125 e. The lowest BCUT2D eigenvalue weighted by atomic mass is 9.96. The highest BCUT2D eigenvalue weighted by atomic mass is 16.5. The summed E-state index contributed by atoms with van der Waals surface area (Å²) in [5.41, 5.74) is 0.953. The highest BCUT2D eigenvalue weighted by Gasteiger charge is 2.18. The molecule has 1 unspecified atom stereocenters. The van der Waals surface area contributed by atoms with Gasteiger partial charge in [-0.05, 0) is 31.2 Å². The highest BCUT2D eigenvalue weighted by Crippen LogP contribution is 2.33. The van der Waals surface area contributed by atoms with Gasteiger partial charge in [-0.3, -0.25) is 0 Å². The van der Waals surface area contributed by atoms with E-state index in [2.05, 4.69) is 6.92 Å². The van der Waals surface area contributed by atoms with Crippen LogP contribution in [0.1, 0.15) is 63.5 Å². The van der Waals surface area contributed by atoms with Crippen molar-refractivity contribution in [3.05, 3.63) is 29.8 Å². The third-order valence-corrected chi connectivity index (χ3v) is 4.06. The molecule has 0 aromatic heterocycles. The number of para-hydroxylation sites is 1. The van der Waals surface area contributed by atoms with Crippen molar-refractivity contribution in [1.29, 1.82) is 0 Å². The van der Waals surface area contributed by atoms with Crippen LogP contribution >= 0.6 is 0 Å². The minimum atomic E-state index is -0.381. The van der Waals surface area contributed by atoms with E-state index in [0.717, 1.165) is 36.5 Å². The van der Waals surface area contributed by atoms with Crippen LogP contribution in [-0.4, -0.2) is 11.7 Å². The van der Waals surface area contributed by atoms with Gasteiger partial charge >= 0.3 is 0 Å². The fraction of sp³-hybridized carbons (Fsp3) is 0.647. The summed E-state index contributed by atoms with van der Waals surface area (Å²) in [4.78, 5) is 0. The summed E-state index contributed by atoms with van der Waals surface area (Å²) in [6, 6.07) is 7.90. The van der Waals surface area contributed by atoms with Crippen LogP contribution in [0.5, 0.6) is 5.75 Å². The molecule has 2 heteroatoms. The van der Waals surface area contributed by atoms with Gasteiger partial charge in [0.1, 0.15) is 5.75 Å². The zero-order valence-electron chi connectivity index (χ0n) is 12.0. The SMILES string of the molecule is CCCOc1ccccc1C(O)CCC1CCCC1. The second kappa shape index (κ2) is 7.54. The van der Waals surface area contributed by atoms with E-state index in [4.69, 9.17) is 4.74 Å². The van der Waals surface area contributed by atoms with Crippen molar-refractivity contribution in [3.8, 4) is 5.75 Å². The average molecular weight is 262 g/mol. The van der Waals surface area contributed by atoms with Gasteiger partial charge in [-0.15, -0.1) is 0 Å². The molecule has 2 rings (SSSR count). The van der Waals surface area contributed by atoms with Crippen molar-refractivity contribution in [2.75, 3.05) is 6.61 Å². The summed E-state index contributed by atoms with van der Waals surface area (Å²) in [7, 11) is 0. The molecule has 0 aliphatic heterocycles. The van der Waals surface area contributed by atoms with E-state index >= 15 is 0 Å². The zero-order valence-corrected chi connectivity index (χ0v) is 12.0. The van der Waals surface area contributed by atoms with E-state index in [1.54, 1.807) is 0 Å². The second-order valence-electron chi connectivity index (χ2n) is 5.63. The lowest BCUT2D eigenvalue weighted by Crippen LogP contribution is -2.05. The molecule has 106 valence electrons. The van der Waals surface area contributed by atoms with E-state index in [0.29, 0.717) is 6.61 Å². The van der Waals surface area contributed by atoms with Gasteiger partial charge in [0, 0.05) is 5.56 Å². The molecule has 1 N–H and O–H groups in total. The molecule has 2 nitrogen and oxygen atoms in total. The zero-order chi connectivity index (χ0) is 13.5. The van der Waals surface area contributed by atoms with Crippen molar-refractivity contribution in [3.63, 3.8) is 0 Å². The largest absolute Gasteiger partial charge is 0.493 e. The number of aliphatic hydroxyl groups excluding tert-OH is 1. The van der Waals surface area contributed by atoms with E-state index in [9.17, 15) is 5.11 Å². The first-order chi connectivity index (χ1) is 9.31. The third kappa shape index (κ3) is 4.24. The summed E-state index contributed by atoms with van der Waals surface area (Å²) in [5.74, 6) is 1.68. The average Bonchev–Trinajstić information content (AvgIpc) is 2.96. The number of aliphatic hydroxyl groups is 1. The van der Waals surface area contributed by atoms with Crippen LogP contribution in [0.3, 0.4) is 0 Å². The molecular formula is C17H26O2. The van der Waals surface area contributed by atoms with Gasteiger partial charge in [0.25, 0.3) is 0 Å². The topological polar surface area (TPSA) is 29.5 Å². The number of rotatable bonds is 7. The first-order valence-electron chi connectivity index (χ1n) is 7.71. The molecule has 1 saturated carbocycles. The Labute approximate surface area is 116 Å². The molecule has 0 radical (unpaired) electrons. The Balaban J connectivity index is 1.91. The summed E-state index contributed by atoms with van der Waals surface area (Å²) in [6.45, 7) is 2.81. The molecule has 0 spiro atoms. The van der Waals surface area contributed by atoms with Gasteiger partial charge in [0.2, 0.25) is 0 Å². The smallest absolute Gasteiger partial charge is 0.125 e. The van der Waals surface area contributed by atoms with Crippen molar-refractivity contribution in [2.24, 2.45) is 5.92 Å². The van der Waals surface area contributed by atoms with E-state index in [-0.39, 0.29) is 6.10 Å². The van der Waals surface area contributed by atoms with Gasteiger partial charge in [-0.25, -0.2) is 0 Å². The molecule has 0 heterocycles. The fourth-order valence-electron chi connectivity index (χ4n) is 2.95. The number of hydrogen-bond donors (Lipinski definition) is 1. The predicted octanol–water partition coefficient (Wildman–Crippen LogP) is 4.48. The normalized spacial score (nSPS) is 17.6. The Bertz CT molecular complexity index is 369. The second-order valence-corrected chi connectivity index (χ2v) is 5.63. The lowest BCUT2D eigenvalue weighted by molar-refractivity contribution is 0.151.